The second-order valence-corrected chi connectivity index (χ2v) is 3.64. The first-order chi connectivity index (χ1) is 10.0. The highest BCUT2D eigenvalue weighted by Crippen LogP contribution is 2.17. The number of methoxy groups -OCH3 is 3. The Kier molecular flexibility index (Phi) is 5.94. The molecule has 112 valence electrons. The second kappa shape index (κ2) is 7.68. The quantitative estimate of drug-likeness (QED) is 0.262. The number of carbonyl (C=O) groups is 3. The van der Waals surface area contributed by atoms with Gasteiger partial charge in [0, 0.05) is 6.08 Å². The standard InChI is InChI=1S/C14H14O7/c1-18-9-4-6-10(7-5-9)21-12(15)8-11(13(16)19-2)14(17)20-3/h4-8H,1-3H3. The van der Waals surface area contributed by atoms with Gasteiger partial charge >= 0.3 is 17.9 Å². The van der Waals surface area contributed by atoms with Crippen LogP contribution in [0.5, 0.6) is 11.5 Å². The Bertz CT molecular complexity index is 539. The summed E-state index contributed by atoms with van der Waals surface area (Å²) in [5, 5.41) is 0. The van der Waals surface area contributed by atoms with Crippen LogP contribution in [0.25, 0.3) is 0 Å². The zero-order valence-corrected chi connectivity index (χ0v) is 11.7. The minimum Gasteiger partial charge on any atom is -0.497 e. The molecule has 0 N–H and O–H groups in total. The number of rotatable bonds is 5. The molecule has 0 saturated carbocycles. The molecule has 0 atom stereocenters. The van der Waals surface area contributed by atoms with E-state index in [1.165, 1.54) is 19.2 Å². The van der Waals surface area contributed by atoms with E-state index in [-0.39, 0.29) is 5.75 Å². The van der Waals surface area contributed by atoms with Gasteiger partial charge in [-0.3, -0.25) is 0 Å². The van der Waals surface area contributed by atoms with Gasteiger partial charge in [-0.05, 0) is 24.3 Å². The Morgan fingerprint density at radius 1 is 0.857 bits per heavy atom. The SMILES string of the molecule is COC(=O)C(=CC(=O)Oc1ccc(OC)cc1)C(=O)OC. The van der Waals surface area contributed by atoms with E-state index in [0.717, 1.165) is 14.2 Å². The molecular formula is C14H14O7. The first kappa shape index (κ1) is 16.2. The predicted octanol–water partition coefficient (Wildman–Crippen LogP) is 0.873. The van der Waals surface area contributed by atoms with Crippen LogP contribution in [0.1, 0.15) is 0 Å². The molecule has 0 heterocycles. The molecule has 7 nitrogen and oxygen atoms in total. The largest absolute Gasteiger partial charge is 0.497 e. The first-order valence-corrected chi connectivity index (χ1v) is 5.76. The molecule has 21 heavy (non-hydrogen) atoms. The van der Waals surface area contributed by atoms with Crippen LogP contribution in [0.4, 0.5) is 0 Å². The molecule has 0 aliphatic carbocycles. The maximum atomic E-state index is 11.7. The Hall–Kier alpha value is -2.83. The third kappa shape index (κ3) is 4.64. The highest BCUT2D eigenvalue weighted by Gasteiger charge is 2.21. The summed E-state index contributed by atoms with van der Waals surface area (Å²) in [7, 11) is 3.66. The molecule has 0 radical (unpaired) electrons. The molecular weight excluding hydrogens is 280 g/mol. The van der Waals surface area contributed by atoms with Crippen molar-refractivity contribution in [2.45, 2.75) is 0 Å². The predicted molar refractivity (Wildman–Crippen MR) is 70.7 cm³/mol. The summed E-state index contributed by atoms with van der Waals surface area (Å²) in [5.41, 5.74) is -0.557. The van der Waals surface area contributed by atoms with Gasteiger partial charge in [0.2, 0.25) is 0 Å². The molecule has 0 bridgehead atoms. The Labute approximate surface area is 121 Å². The van der Waals surface area contributed by atoms with Gasteiger partial charge in [-0.1, -0.05) is 0 Å². The van der Waals surface area contributed by atoms with Crippen molar-refractivity contribution in [2.75, 3.05) is 21.3 Å². The molecule has 1 aromatic carbocycles. The number of benzene rings is 1. The number of carbonyl (C=O) groups excluding carboxylic acids is 3. The zero-order chi connectivity index (χ0) is 15.8. The van der Waals surface area contributed by atoms with Crippen LogP contribution in [0.3, 0.4) is 0 Å². The molecule has 0 aliphatic heterocycles. The summed E-state index contributed by atoms with van der Waals surface area (Å²) in [4.78, 5) is 34.4. The van der Waals surface area contributed by atoms with Crippen molar-refractivity contribution in [2.24, 2.45) is 0 Å². The van der Waals surface area contributed by atoms with E-state index in [1.807, 2.05) is 0 Å². The van der Waals surface area contributed by atoms with Gasteiger partial charge in [0.1, 0.15) is 11.5 Å². The Morgan fingerprint density at radius 2 is 1.33 bits per heavy atom. The minimum atomic E-state index is -0.992. The van der Waals surface area contributed by atoms with Crippen LogP contribution in [0, 0.1) is 0 Å². The normalized spacial score (nSPS) is 9.29. The van der Waals surface area contributed by atoms with E-state index in [4.69, 9.17) is 9.47 Å². The van der Waals surface area contributed by atoms with Gasteiger partial charge in [0.25, 0.3) is 0 Å². The lowest BCUT2D eigenvalue weighted by atomic mass is 10.2. The lowest BCUT2D eigenvalue weighted by Gasteiger charge is -2.05. The fraction of sp³-hybridized carbons (Fsp3) is 0.214. The number of esters is 3. The van der Waals surface area contributed by atoms with Crippen LogP contribution in [-0.2, 0) is 23.9 Å². The van der Waals surface area contributed by atoms with E-state index in [9.17, 15) is 14.4 Å². The minimum absolute atomic E-state index is 0.228. The molecule has 0 saturated heterocycles. The van der Waals surface area contributed by atoms with Crippen LogP contribution in [0.15, 0.2) is 35.9 Å². The molecule has 0 unspecified atom stereocenters. The van der Waals surface area contributed by atoms with E-state index >= 15 is 0 Å². The van der Waals surface area contributed by atoms with E-state index in [0.29, 0.717) is 11.8 Å². The van der Waals surface area contributed by atoms with Crippen molar-refractivity contribution >= 4 is 17.9 Å². The second-order valence-electron chi connectivity index (χ2n) is 3.64. The lowest BCUT2D eigenvalue weighted by molar-refractivity contribution is -0.144. The van der Waals surface area contributed by atoms with E-state index in [2.05, 4.69) is 9.47 Å². The smallest absolute Gasteiger partial charge is 0.345 e. The maximum absolute atomic E-state index is 11.7. The summed E-state index contributed by atoms with van der Waals surface area (Å²) in [6, 6.07) is 6.18. The van der Waals surface area contributed by atoms with E-state index < -0.39 is 23.5 Å². The lowest BCUT2D eigenvalue weighted by Crippen LogP contribution is -2.18. The number of ether oxygens (including phenoxy) is 4. The monoisotopic (exact) mass is 294 g/mol. The highest BCUT2D eigenvalue weighted by molar-refractivity contribution is 6.17. The molecule has 1 rings (SSSR count). The van der Waals surface area contributed by atoms with Gasteiger partial charge in [0.15, 0.2) is 5.57 Å². The van der Waals surface area contributed by atoms with Crippen LogP contribution in [0.2, 0.25) is 0 Å². The number of hydrogen-bond donors (Lipinski definition) is 0. The van der Waals surface area contributed by atoms with Crippen molar-refractivity contribution in [3.63, 3.8) is 0 Å². The molecule has 1 aromatic rings. The van der Waals surface area contributed by atoms with Crippen LogP contribution < -0.4 is 9.47 Å². The summed E-state index contributed by atoms with van der Waals surface area (Å²) < 4.78 is 18.7. The van der Waals surface area contributed by atoms with Crippen molar-refractivity contribution in [1.29, 1.82) is 0 Å². The van der Waals surface area contributed by atoms with Crippen molar-refractivity contribution in [1.82, 2.24) is 0 Å². The fourth-order valence-corrected chi connectivity index (χ4v) is 1.33. The summed E-state index contributed by atoms with van der Waals surface area (Å²) in [6.07, 6.45) is 0.710. The fourth-order valence-electron chi connectivity index (χ4n) is 1.33. The zero-order valence-electron chi connectivity index (χ0n) is 11.7. The molecule has 0 amide bonds. The van der Waals surface area contributed by atoms with Crippen molar-refractivity contribution < 1.29 is 33.3 Å². The van der Waals surface area contributed by atoms with Crippen molar-refractivity contribution in [3.8, 4) is 11.5 Å². The van der Waals surface area contributed by atoms with Crippen LogP contribution in [-0.4, -0.2) is 39.2 Å². The van der Waals surface area contributed by atoms with E-state index in [1.54, 1.807) is 12.1 Å². The summed E-state index contributed by atoms with van der Waals surface area (Å²) in [5.74, 6) is -2.07. The first-order valence-electron chi connectivity index (χ1n) is 5.76. The summed E-state index contributed by atoms with van der Waals surface area (Å²) >= 11 is 0. The Balaban J connectivity index is 2.86. The molecule has 0 aliphatic rings. The Morgan fingerprint density at radius 3 is 1.76 bits per heavy atom. The third-order valence-corrected chi connectivity index (χ3v) is 2.35. The maximum Gasteiger partial charge on any atom is 0.345 e. The molecule has 7 heteroatoms. The average Bonchev–Trinajstić information content (AvgIpc) is 2.51. The summed E-state index contributed by atoms with van der Waals surface area (Å²) in [6.45, 7) is 0. The average molecular weight is 294 g/mol. The van der Waals surface area contributed by atoms with Gasteiger partial charge in [-0.25, -0.2) is 14.4 Å². The topological polar surface area (TPSA) is 88.1 Å². The van der Waals surface area contributed by atoms with Gasteiger partial charge in [-0.15, -0.1) is 0 Å². The van der Waals surface area contributed by atoms with Crippen LogP contribution >= 0.6 is 0 Å². The van der Waals surface area contributed by atoms with Crippen molar-refractivity contribution in [3.05, 3.63) is 35.9 Å². The molecule has 0 aromatic heterocycles. The molecule has 0 fully saturated rings. The number of hydrogen-bond acceptors (Lipinski definition) is 7. The van der Waals surface area contributed by atoms with Gasteiger partial charge in [-0.2, -0.15) is 0 Å². The molecule has 0 spiro atoms. The highest BCUT2D eigenvalue weighted by atomic mass is 16.5. The van der Waals surface area contributed by atoms with Gasteiger partial charge in [0.05, 0.1) is 21.3 Å². The third-order valence-electron chi connectivity index (χ3n) is 2.35. The van der Waals surface area contributed by atoms with Gasteiger partial charge < -0.3 is 18.9 Å².